The molecule has 1 atom stereocenters. The maximum atomic E-state index is 12.5. The summed E-state index contributed by atoms with van der Waals surface area (Å²) in [7, 11) is 0. The van der Waals surface area contributed by atoms with E-state index in [-0.39, 0.29) is 6.54 Å². The van der Waals surface area contributed by atoms with Crippen LogP contribution in [0.25, 0.3) is 0 Å². The van der Waals surface area contributed by atoms with Crippen LogP contribution in [0.15, 0.2) is 22.7 Å². The van der Waals surface area contributed by atoms with Gasteiger partial charge in [-0.15, -0.1) is 0 Å². The van der Waals surface area contributed by atoms with Gasteiger partial charge in [-0.25, -0.2) is 8.78 Å². The second-order valence-corrected chi connectivity index (χ2v) is 4.11. The molecule has 0 amide bonds. The third-order valence-electron chi connectivity index (χ3n) is 1.93. The highest BCUT2D eigenvalue weighted by atomic mass is 79.9. The zero-order chi connectivity index (χ0) is 10.7. The van der Waals surface area contributed by atoms with Crippen LogP contribution >= 0.6 is 27.5 Å². The Bertz CT molecular complexity index is 320. The summed E-state index contributed by atoms with van der Waals surface area (Å²) < 4.78 is 25.7. The predicted octanol–water partition coefficient (Wildman–Crippen LogP) is 3.41. The number of nitrogens with two attached hydrogens (primary N) is 1. The van der Waals surface area contributed by atoms with Crippen LogP contribution in [0.4, 0.5) is 8.78 Å². The Balaban J connectivity index is 3.00. The first kappa shape index (κ1) is 11.9. The Morgan fingerprint density at radius 2 is 2.07 bits per heavy atom. The predicted molar refractivity (Wildman–Crippen MR) is 57.0 cm³/mol. The molecule has 5 heteroatoms. The van der Waals surface area contributed by atoms with E-state index in [0.29, 0.717) is 15.1 Å². The van der Waals surface area contributed by atoms with Gasteiger partial charge < -0.3 is 5.73 Å². The molecule has 2 N–H and O–H groups in total. The van der Waals surface area contributed by atoms with E-state index in [2.05, 4.69) is 15.9 Å². The minimum Gasteiger partial charge on any atom is -0.330 e. The zero-order valence-corrected chi connectivity index (χ0v) is 9.52. The molecule has 0 bridgehead atoms. The summed E-state index contributed by atoms with van der Waals surface area (Å²) in [6.45, 7) is -0.0877. The normalized spacial score (nSPS) is 13.3. The first-order chi connectivity index (χ1) is 6.56. The first-order valence-corrected chi connectivity index (χ1v) is 5.16. The van der Waals surface area contributed by atoms with Gasteiger partial charge in [0.2, 0.25) is 6.43 Å². The largest absolute Gasteiger partial charge is 0.330 e. The molecule has 0 spiro atoms. The van der Waals surface area contributed by atoms with Gasteiger partial charge in [0.1, 0.15) is 0 Å². The molecule has 1 rings (SSSR count). The molecule has 0 fully saturated rings. The molecule has 0 saturated heterocycles. The molecule has 1 aromatic rings. The van der Waals surface area contributed by atoms with Gasteiger partial charge in [-0.1, -0.05) is 17.7 Å². The number of rotatable bonds is 3. The van der Waals surface area contributed by atoms with Crippen molar-refractivity contribution in [3.63, 3.8) is 0 Å². The standard InChI is InChI=1S/C9H9BrClF2N/c10-7-2-1-5(3-8(7)11)6(4-14)9(12)13/h1-3,6,9H,4,14H2. The van der Waals surface area contributed by atoms with Crippen molar-refractivity contribution >= 4 is 27.5 Å². The van der Waals surface area contributed by atoms with Crippen molar-refractivity contribution in [3.8, 4) is 0 Å². The molecular formula is C9H9BrClF2N. The van der Waals surface area contributed by atoms with Gasteiger partial charge in [0.05, 0.1) is 10.9 Å². The van der Waals surface area contributed by atoms with Crippen LogP contribution in [0.3, 0.4) is 0 Å². The number of halogens is 4. The molecule has 0 aliphatic carbocycles. The summed E-state index contributed by atoms with van der Waals surface area (Å²) >= 11 is 8.97. The lowest BCUT2D eigenvalue weighted by molar-refractivity contribution is 0.117. The second-order valence-electron chi connectivity index (χ2n) is 2.85. The maximum absolute atomic E-state index is 12.5. The first-order valence-electron chi connectivity index (χ1n) is 3.99. The third kappa shape index (κ3) is 2.65. The van der Waals surface area contributed by atoms with Crippen molar-refractivity contribution in [3.05, 3.63) is 33.3 Å². The van der Waals surface area contributed by atoms with Crippen LogP contribution < -0.4 is 5.73 Å². The van der Waals surface area contributed by atoms with Gasteiger partial charge in [0.15, 0.2) is 0 Å². The Labute approximate surface area is 94.4 Å². The molecule has 1 aromatic carbocycles. The van der Waals surface area contributed by atoms with Crippen molar-refractivity contribution in [1.82, 2.24) is 0 Å². The van der Waals surface area contributed by atoms with Crippen molar-refractivity contribution in [2.75, 3.05) is 6.54 Å². The topological polar surface area (TPSA) is 26.0 Å². The average Bonchev–Trinajstić information content (AvgIpc) is 2.11. The molecule has 78 valence electrons. The smallest absolute Gasteiger partial charge is 0.246 e. The number of hydrogen-bond donors (Lipinski definition) is 1. The molecule has 0 radical (unpaired) electrons. The Hall–Kier alpha value is -0.190. The Morgan fingerprint density at radius 1 is 1.43 bits per heavy atom. The molecule has 0 aliphatic rings. The quantitative estimate of drug-likeness (QED) is 0.904. The minimum atomic E-state index is -2.46. The highest BCUT2D eigenvalue weighted by Gasteiger charge is 2.21. The highest BCUT2D eigenvalue weighted by Crippen LogP contribution is 2.29. The van der Waals surface area contributed by atoms with Crippen molar-refractivity contribution in [2.24, 2.45) is 5.73 Å². The van der Waals surface area contributed by atoms with Crippen molar-refractivity contribution in [1.29, 1.82) is 0 Å². The zero-order valence-electron chi connectivity index (χ0n) is 7.18. The van der Waals surface area contributed by atoms with E-state index in [1.165, 1.54) is 6.07 Å². The average molecular weight is 285 g/mol. The monoisotopic (exact) mass is 283 g/mol. The molecule has 1 unspecified atom stereocenters. The van der Waals surface area contributed by atoms with Crippen LogP contribution in [0.5, 0.6) is 0 Å². The summed E-state index contributed by atoms with van der Waals surface area (Å²) in [6, 6.07) is 4.75. The van der Waals surface area contributed by atoms with Crippen LogP contribution in [0.1, 0.15) is 11.5 Å². The fraction of sp³-hybridized carbons (Fsp3) is 0.333. The van der Waals surface area contributed by atoms with Crippen molar-refractivity contribution < 1.29 is 8.78 Å². The summed E-state index contributed by atoms with van der Waals surface area (Å²) in [5, 5.41) is 0.418. The fourth-order valence-corrected chi connectivity index (χ4v) is 1.56. The van der Waals surface area contributed by atoms with Crippen molar-refractivity contribution in [2.45, 2.75) is 12.3 Å². The Morgan fingerprint density at radius 3 is 2.50 bits per heavy atom. The lowest BCUT2D eigenvalue weighted by atomic mass is 10.0. The Kier molecular flexibility index (Phi) is 4.29. The molecular weight excluding hydrogens is 275 g/mol. The summed E-state index contributed by atoms with van der Waals surface area (Å²) in [5.41, 5.74) is 5.73. The summed E-state index contributed by atoms with van der Waals surface area (Å²) in [6.07, 6.45) is -2.46. The molecule has 14 heavy (non-hydrogen) atoms. The van der Waals surface area contributed by atoms with Crippen LogP contribution in [0, 0.1) is 0 Å². The van der Waals surface area contributed by atoms with Gasteiger partial charge in [-0.2, -0.15) is 0 Å². The molecule has 1 nitrogen and oxygen atoms in total. The van der Waals surface area contributed by atoms with Crippen LogP contribution in [-0.4, -0.2) is 13.0 Å². The van der Waals surface area contributed by atoms with Gasteiger partial charge in [-0.3, -0.25) is 0 Å². The number of alkyl halides is 2. The van der Waals surface area contributed by atoms with Gasteiger partial charge in [-0.05, 0) is 33.6 Å². The third-order valence-corrected chi connectivity index (χ3v) is 3.16. The highest BCUT2D eigenvalue weighted by molar-refractivity contribution is 9.10. The molecule has 0 heterocycles. The molecule has 0 aromatic heterocycles. The van der Waals surface area contributed by atoms with E-state index in [0.717, 1.165) is 0 Å². The molecule has 0 saturated carbocycles. The van der Waals surface area contributed by atoms with E-state index in [1.54, 1.807) is 12.1 Å². The fourth-order valence-electron chi connectivity index (χ4n) is 1.13. The van der Waals surface area contributed by atoms with E-state index in [1.807, 2.05) is 0 Å². The van der Waals surface area contributed by atoms with Gasteiger partial charge in [0.25, 0.3) is 0 Å². The minimum absolute atomic E-state index is 0.0877. The van der Waals surface area contributed by atoms with Crippen LogP contribution in [-0.2, 0) is 0 Å². The van der Waals surface area contributed by atoms with E-state index >= 15 is 0 Å². The van der Waals surface area contributed by atoms with E-state index in [9.17, 15) is 8.78 Å². The van der Waals surface area contributed by atoms with E-state index in [4.69, 9.17) is 17.3 Å². The number of benzene rings is 1. The summed E-state index contributed by atoms with van der Waals surface area (Å²) in [4.78, 5) is 0. The lowest BCUT2D eigenvalue weighted by Crippen LogP contribution is -2.19. The van der Waals surface area contributed by atoms with Crippen LogP contribution in [0.2, 0.25) is 5.02 Å². The van der Waals surface area contributed by atoms with Gasteiger partial charge in [0, 0.05) is 11.0 Å². The SMILES string of the molecule is NCC(c1ccc(Br)c(Cl)c1)C(F)F. The molecule has 0 aliphatic heterocycles. The van der Waals surface area contributed by atoms with E-state index < -0.39 is 12.3 Å². The van der Waals surface area contributed by atoms with Gasteiger partial charge >= 0.3 is 0 Å². The summed E-state index contributed by atoms with van der Waals surface area (Å²) in [5.74, 6) is -0.944. The maximum Gasteiger partial charge on any atom is 0.246 e. The lowest BCUT2D eigenvalue weighted by Gasteiger charge is -2.14. The second kappa shape index (κ2) is 5.05. The number of hydrogen-bond acceptors (Lipinski definition) is 1.